The number of aromatic nitrogens is 1. The third kappa shape index (κ3) is 3.17. The summed E-state index contributed by atoms with van der Waals surface area (Å²) in [5.41, 5.74) is 5.57. The van der Waals surface area contributed by atoms with Gasteiger partial charge in [-0.15, -0.1) is 11.3 Å². The van der Waals surface area contributed by atoms with Gasteiger partial charge in [0.1, 0.15) is 0 Å². The summed E-state index contributed by atoms with van der Waals surface area (Å²) in [6, 6.07) is 0. The molecule has 0 aromatic carbocycles. The second-order valence-electron chi connectivity index (χ2n) is 4.26. The average Bonchev–Trinajstić information content (AvgIpc) is 2.86. The molecule has 7 heteroatoms. The lowest BCUT2D eigenvalue weighted by molar-refractivity contribution is -0.137. The predicted molar refractivity (Wildman–Crippen MR) is 59.6 cm³/mol. The Morgan fingerprint density at radius 3 is 2.82 bits per heavy atom. The van der Waals surface area contributed by atoms with Gasteiger partial charge in [-0.25, -0.2) is 4.98 Å². The number of nitrogens with two attached hydrogens (primary N) is 1. The number of nitrogens with zero attached hydrogens (tertiary/aromatic N) is 2. The standard InChI is InChI=1S/C10H14F3N3S/c11-10(12,13)9-15-4-8(17-9)6-16-2-1-7(3-14)5-16/h4,7H,1-3,5-6,14H2. The summed E-state index contributed by atoms with van der Waals surface area (Å²) in [6.45, 7) is 2.97. The highest BCUT2D eigenvalue weighted by Crippen LogP contribution is 2.33. The monoisotopic (exact) mass is 265 g/mol. The van der Waals surface area contributed by atoms with E-state index in [4.69, 9.17) is 5.73 Å². The minimum Gasteiger partial charge on any atom is -0.330 e. The van der Waals surface area contributed by atoms with Crippen molar-refractivity contribution in [2.24, 2.45) is 11.7 Å². The second kappa shape index (κ2) is 4.91. The maximum atomic E-state index is 12.3. The van der Waals surface area contributed by atoms with E-state index in [-0.39, 0.29) is 0 Å². The van der Waals surface area contributed by atoms with E-state index in [0.717, 1.165) is 30.8 Å². The van der Waals surface area contributed by atoms with Crippen LogP contribution in [0.25, 0.3) is 0 Å². The Hall–Kier alpha value is -0.660. The molecule has 3 nitrogen and oxygen atoms in total. The zero-order chi connectivity index (χ0) is 12.5. The highest BCUT2D eigenvalue weighted by molar-refractivity contribution is 7.11. The molecule has 2 heterocycles. The molecule has 1 aliphatic heterocycles. The molecule has 1 saturated heterocycles. The van der Waals surface area contributed by atoms with Crippen LogP contribution >= 0.6 is 11.3 Å². The van der Waals surface area contributed by atoms with Gasteiger partial charge >= 0.3 is 6.18 Å². The van der Waals surface area contributed by atoms with Crippen LogP contribution in [-0.4, -0.2) is 29.5 Å². The first-order valence-corrected chi connectivity index (χ1v) is 6.25. The molecule has 0 aliphatic carbocycles. The Labute approximate surface area is 101 Å². The number of thiazole rings is 1. The number of hydrogen-bond donors (Lipinski definition) is 1. The van der Waals surface area contributed by atoms with Gasteiger partial charge in [-0.2, -0.15) is 13.2 Å². The number of hydrogen-bond acceptors (Lipinski definition) is 4. The summed E-state index contributed by atoms with van der Waals surface area (Å²) in [4.78, 5) is 6.20. The van der Waals surface area contributed by atoms with E-state index >= 15 is 0 Å². The van der Waals surface area contributed by atoms with Crippen molar-refractivity contribution in [3.05, 3.63) is 16.1 Å². The van der Waals surface area contributed by atoms with Crippen LogP contribution in [0.15, 0.2) is 6.20 Å². The van der Waals surface area contributed by atoms with Gasteiger partial charge in [0.05, 0.1) is 0 Å². The Morgan fingerprint density at radius 1 is 1.53 bits per heavy atom. The van der Waals surface area contributed by atoms with Crippen molar-refractivity contribution in [1.82, 2.24) is 9.88 Å². The van der Waals surface area contributed by atoms with Crippen LogP contribution in [0.5, 0.6) is 0 Å². The van der Waals surface area contributed by atoms with Crippen LogP contribution in [0.4, 0.5) is 13.2 Å². The first-order chi connectivity index (χ1) is 7.99. The van der Waals surface area contributed by atoms with Crippen molar-refractivity contribution >= 4 is 11.3 Å². The number of rotatable bonds is 3. The molecule has 1 fully saturated rings. The summed E-state index contributed by atoms with van der Waals surface area (Å²) < 4.78 is 37.0. The van der Waals surface area contributed by atoms with Gasteiger partial charge < -0.3 is 5.73 Å². The van der Waals surface area contributed by atoms with Crippen molar-refractivity contribution in [3.8, 4) is 0 Å². The van der Waals surface area contributed by atoms with Crippen LogP contribution in [0.2, 0.25) is 0 Å². The highest BCUT2D eigenvalue weighted by atomic mass is 32.1. The molecular formula is C10H14F3N3S. The average molecular weight is 265 g/mol. The van der Waals surface area contributed by atoms with E-state index < -0.39 is 11.2 Å². The predicted octanol–water partition coefficient (Wildman–Crippen LogP) is 1.94. The normalized spacial score (nSPS) is 22.2. The van der Waals surface area contributed by atoms with Gasteiger partial charge in [0.2, 0.25) is 0 Å². The fourth-order valence-electron chi connectivity index (χ4n) is 1.98. The number of alkyl halides is 3. The van der Waals surface area contributed by atoms with E-state index in [9.17, 15) is 13.2 Å². The minimum absolute atomic E-state index is 0.477. The fourth-order valence-corrected chi connectivity index (χ4v) is 2.80. The van der Waals surface area contributed by atoms with Crippen molar-refractivity contribution in [1.29, 1.82) is 0 Å². The van der Waals surface area contributed by atoms with Crippen LogP contribution in [0.3, 0.4) is 0 Å². The molecule has 0 saturated carbocycles. The van der Waals surface area contributed by atoms with Gasteiger partial charge in [0.15, 0.2) is 5.01 Å². The smallest absolute Gasteiger partial charge is 0.330 e. The summed E-state index contributed by atoms with van der Waals surface area (Å²) in [5, 5.41) is -0.762. The Morgan fingerprint density at radius 2 is 2.29 bits per heavy atom. The fraction of sp³-hybridized carbons (Fsp3) is 0.700. The molecular weight excluding hydrogens is 251 g/mol. The third-order valence-electron chi connectivity index (χ3n) is 2.88. The molecule has 2 N–H and O–H groups in total. The lowest BCUT2D eigenvalue weighted by Crippen LogP contribution is -2.22. The molecule has 1 aliphatic rings. The Balaban J connectivity index is 1.94. The maximum absolute atomic E-state index is 12.3. The van der Waals surface area contributed by atoms with Crippen LogP contribution in [-0.2, 0) is 12.7 Å². The van der Waals surface area contributed by atoms with E-state index in [0.29, 0.717) is 23.9 Å². The molecule has 1 aromatic rings. The Kier molecular flexibility index (Phi) is 3.70. The lowest BCUT2D eigenvalue weighted by Gasteiger charge is -2.13. The highest BCUT2D eigenvalue weighted by Gasteiger charge is 2.34. The number of halogens is 3. The molecule has 1 aromatic heterocycles. The third-order valence-corrected chi connectivity index (χ3v) is 3.91. The van der Waals surface area contributed by atoms with Crippen LogP contribution in [0, 0.1) is 5.92 Å². The topological polar surface area (TPSA) is 42.1 Å². The van der Waals surface area contributed by atoms with Crippen LogP contribution in [0.1, 0.15) is 16.3 Å². The summed E-state index contributed by atoms with van der Waals surface area (Å²) >= 11 is 0.726. The molecule has 1 unspecified atom stereocenters. The summed E-state index contributed by atoms with van der Waals surface area (Å²) in [7, 11) is 0. The first-order valence-electron chi connectivity index (χ1n) is 5.43. The van der Waals surface area contributed by atoms with E-state index in [1.54, 1.807) is 0 Å². The van der Waals surface area contributed by atoms with E-state index in [2.05, 4.69) is 9.88 Å². The largest absolute Gasteiger partial charge is 0.443 e. The molecule has 0 bridgehead atoms. The van der Waals surface area contributed by atoms with Gasteiger partial charge in [-0.1, -0.05) is 0 Å². The van der Waals surface area contributed by atoms with Crippen molar-refractivity contribution in [3.63, 3.8) is 0 Å². The SMILES string of the molecule is NCC1CCN(Cc2cnc(C(F)(F)F)s2)C1. The van der Waals surface area contributed by atoms with Crippen molar-refractivity contribution < 1.29 is 13.2 Å². The van der Waals surface area contributed by atoms with Gasteiger partial charge in [0.25, 0.3) is 0 Å². The van der Waals surface area contributed by atoms with Gasteiger partial charge in [-0.05, 0) is 25.4 Å². The zero-order valence-corrected chi connectivity index (χ0v) is 10.0. The molecule has 1 atom stereocenters. The van der Waals surface area contributed by atoms with E-state index in [1.807, 2.05) is 0 Å². The Bertz CT molecular complexity index is 377. The quantitative estimate of drug-likeness (QED) is 0.908. The molecule has 96 valence electrons. The molecule has 17 heavy (non-hydrogen) atoms. The molecule has 0 amide bonds. The van der Waals surface area contributed by atoms with Gasteiger partial charge in [-0.3, -0.25) is 4.90 Å². The van der Waals surface area contributed by atoms with Crippen molar-refractivity contribution in [2.75, 3.05) is 19.6 Å². The minimum atomic E-state index is -4.33. The number of likely N-dealkylation sites (tertiary alicyclic amines) is 1. The molecule has 0 spiro atoms. The molecule has 0 radical (unpaired) electrons. The molecule has 2 rings (SSSR count). The zero-order valence-electron chi connectivity index (χ0n) is 9.20. The first kappa shape index (κ1) is 12.8. The van der Waals surface area contributed by atoms with Crippen LogP contribution < -0.4 is 5.73 Å². The summed E-state index contributed by atoms with van der Waals surface area (Å²) in [6.07, 6.45) is -1.97. The lowest BCUT2D eigenvalue weighted by atomic mass is 10.1. The summed E-state index contributed by atoms with van der Waals surface area (Å²) in [5.74, 6) is 0.477. The second-order valence-corrected chi connectivity index (χ2v) is 5.37. The van der Waals surface area contributed by atoms with Crippen molar-refractivity contribution in [2.45, 2.75) is 19.1 Å². The maximum Gasteiger partial charge on any atom is 0.443 e. The van der Waals surface area contributed by atoms with Gasteiger partial charge in [0, 0.05) is 24.2 Å². The van der Waals surface area contributed by atoms with E-state index in [1.165, 1.54) is 6.20 Å².